The van der Waals surface area contributed by atoms with Crippen LogP contribution in [0.1, 0.15) is 38.2 Å². The summed E-state index contributed by atoms with van der Waals surface area (Å²) in [6.07, 6.45) is 7.80. The lowest BCUT2D eigenvalue weighted by Crippen LogP contribution is -2.53. The van der Waals surface area contributed by atoms with Gasteiger partial charge in [-0.25, -0.2) is 4.79 Å². The number of amides is 2. The highest BCUT2D eigenvalue weighted by atomic mass is 16.5. The summed E-state index contributed by atoms with van der Waals surface area (Å²) in [5, 5.41) is 7.12. The minimum Gasteiger partial charge on any atom is -0.382 e. The highest BCUT2D eigenvalue weighted by molar-refractivity contribution is 5.75. The molecule has 1 aromatic heterocycles. The summed E-state index contributed by atoms with van der Waals surface area (Å²) in [4.78, 5) is 14.5. The number of ether oxygens (including phenoxy) is 1. The van der Waals surface area contributed by atoms with Gasteiger partial charge in [0.15, 0.2) is 0 Å². The Morgan fingerprint density at radius 2 is 2.38 bits per heavy atom. The zero-order valence-corrected chi connectivity index (χ0v) is 13.3. The Morgan fingerprint density at radius 1 is 1.57 bits per heavy atom. The van der Waals surface area contributed by atoms with E-state index in [0.29, 0.717) is 13.2 Å². The van der Waals surface area contributed by atoms with E-state index in [4.69, 9.17) is 4.74 Å². The highest BCUT2D eigenvalue weighted by Crippen LogP contribution is 2.34. The Kier molecular flexibility index (Phi) is 5.22. The van der Waals surface area contributed by atoms with Gasteiger partial charge in [0.2, 0.25) is 0 Å². The summed E-state index contributed by atoms with van der Waals surface area (Å²) in [6, 6.07) is 0.00172. The normalized spacial score (nSPS) is 21.8. The number of aromatic nitrogens is 2. The van der Waals surface area contributed by atoms with Crippen molar-refractivity contribution in [3.63, 3.8) is 0 Å². The fraction of sp³-hybridized carbons (Fsp3) is 0.733. The van der Waals surface area contributed by atoms with E-state index in [0.717, 1.165) is 37.8 Å². The first-order chi connectivity index (χ1) is 10.1. The van der Waals surface area contributed by atoms with E-state index >= 15 is 0 Å². The van der Waals surface area contributed by atoms with Gasteiger partial charge in [-0.3, -0.25) is 4.68 Å². The molecule has 1 N–H and O–H groups in total. The quantitative estimate of drug-likeness (QED) is 0.872. The van der Waals surface area contributed by atoms with Crippen LogP contribution in [0.5, 0.6) is 0 Å². The maximum Gasteiger partial charge on any atom is 0.318 e. The number of nitrogens with zero attached hydrogens (tertiary/aromatic N) is 3. The molecule has 1 atom stereocenters. The molecule has 0 aliphatic carbocycles. The summed E-state index contributed by atoms with van der Waals surface area (Å²) in [6.45, 7) is 4.09. The molecule has 0 aromatic carbocycles. The number of likely N-dealkylation sites (tertiary alicyclic amines) is 1. The molecular weight excluding hydrogens is 268 g/mol. The molecule has 6 heteroatoms. The number of hydrogen-bond donors (Lipinski definition) is 1. The maximum absolute atomic E-state index is 12.5. The Labute approximate surface area is 126 Å². The molecule has 1 saturated heterocycles. The Bertz CT molecular complexity index is 466. The fourth-order valence-corrected chi connectivity index (χ4v) is 3.31. The molecule has 1 aliphatic rings. The van der Waals surface area contributed by atoms with E-state index in [1.54, 1.807) is 18.0 Å². The second kappa shape index (κ2) is 6.93. The molecule has 0 spiro atoms. The van der Waals surface area contributed by atoms with Gasteiger partial charge in [0.05, 0.1) is 18.3 Å². The molecule has 118 valence electrons. The molecule has 6 nitrogen and oxygen atoms in total. The molecule has 0 bridgehead atoms. The van der Waals surface area contributed by atoms with Gasteiger partial charge in [-0.1, -0.05) is 13.3 Å². The number of methoxy groups -OCH3 is 1. The lowest BCUT2D eigenvalue weighted by molar-refractivity contribution is 0.0501. The van der Waals surface area contributed by atoms with Gasteiger partial charge >= 0.3 is 6.03 Å². The third kappa shape index (κ3) is 3.56. The van der Waals surface area contributed by atoms with E-state index < -0.39 is 0 Å². The first-order valence-corrected chi connectivity index (χ1v) is 7.63. The largest absolute Gasteiger partial charge is 0.382 e. The van der Waals surface area contributed by atoms with E-state index in [9.17, 15) is 4.79 Å². The third-order valence-electron chi connectivity index (χ3n) is 4.17. The van der Waals surface area contributed by atoms with Crippen LogP contribution in [0.2, 0.25) is 0 Å². The number of hydrogen-bond acceptors (Lipinski definition) is 3. The van der Waals surface area contributed by atoms with Crippen LogP contribution >= 0.6 is 0 Å². The minimum absolute atomic E-state index is 0.00172. The van der Waals surface area contributed by atoms with Crippen LogP contribution in [0.3, 0.4) is 0 Å². The van der Waals surface area contributed by atoms with Crippen LogP contribution in [0.15, 0.2) is 12.4 Å². The summed E-state index contributed by atoms with van der Waals surface area (Å²) >= 11 is 0. The van der Waals surface area contributed by atoms with Gasteiger partial charge in [-0.15, -0.1) is 0 Å². The Hall–Kier alpha value is -1.56. The van der Waals surface area contributed by atoms with Crippen molar-refractivity contribution in [2.24, 2.45) is 7.05 Å². The number of aryl methyl sites for hydroxylation is 1. The molecule has 1 aliphatic heterocycles. The number of carbonyl (C=O) groups excluding carboxylic acids is 1. The van der Waals surface area contributed by atoms with Crippen molar-refractivity contribution in [1.82, 2.24) is 20.0 Å². The molecule has 1 unspecified atom stereocenters. The van der Waals surface area contributed by atoms with Crippen molar-refractivity contribution in [3.05, 3.63) is 18.0 Å². The Balaban J connectivity index is 1.99. The molecule has 0 saturated carbocycles. The first kappa shape index (κ1) is 15.8. The van der Waals surface area contributed by atoms with Crippen LogP contribution in [0, 0.1) is 0 Å². The number of rotatable bonds is 6. The molecule has 21 heavy (non-hydrogen) atoms. The van der Waals surface area contributed by atoms with Gasteiger partial charge in [-0.05, 0) is 19.3 Å². The second-order valence-corrected chi connectivity index (χ2v) is 5.84. The lowest BCUT2D eigenvalue weighted by atomic mass is 9.91. The average molecular weight is 294 g/mol. The van der Waals surface area contributed by atoms with Crippen molar-refractivity contribution < 1.29 is 9.53 Å². The fourth-order valence-electron chi connectivity index (χ4n) is 3.31. The predicted molar refractivity (Wildman–Crippen MR) is 80.9 cm³/mol. The van der Waals surface area contributed by atoms with Crippen LogP contribution in [0.25, 0.3) is 0 Å². The van der Waals surface area contributed by atoms with Crippen molar-refractivity contribution in [3.8, 4) is 0 Å². The summed E-state index contributed by atoms with van der Waals surface area (Å²) in [5.74, 6) is 0. The molecular formula is C15H26N4O2. The van der Waals surface area contributed by atoms with Crippen LogP contribution < -0.4 is 5.32 Å². The van der Waals surface area contributed by atoms with Gasteiger partial charge < -0.3 is 15.0 Å². The van der Waals surface area contributed by atoms with Gasteiger partial charge in [0.1, 0.15) is 0 Å². The minimum atomic E-state index is -0.136. The molecule has 2 rings (SSSR count). The lowest BCUT2D eigenvalue weighted by Gasteiger charge is -2.38. The van der Waals surface area contributed by atoms with Crippen LogP contribution in [-0.2, 0) is 18.3 Å². The zero-order chi connectivity index (χ0) is 15.3. The van der Waals surface area contributed by atoms with E-state index in [2.05, 4.69) is 17.3 Å². The number of carbonyl (C=O) groups is 1. The van der Waals surface area contributed by atoms with Crippen LogP contribution in [0.4, 0.5) is 4.79 Å². The van der Waals surface area contributed by atoms with E-state index in [-0.39, 0.29) is 11.6 Å². The number of nitrogens with one attached hydrogen (secondary N) is 1. The van der Waals surface area contributed by atoms with Crippen molar-refractivity contribution in [1.29, 1.82) is 0 Å². The van der Waals surface area contributed by atoms with Crippen molar-refractivity contribution >= 4 is 6.03 Å². The average Bonchev–Trinajstić information content (AvgIpc) is 3.04. The molecule has 1 fully saturated rings. The number of urea groups is 1. The summed E-state index contributed by atoms with van der Waals surface area (Å²) < 4.78 is 7.13. The summed E-state index contributed by atoms with van der Waals surface area (Å²) in [7, 11) is 3.58. The first-order valence-electron chi connectivity index (χ1n) is 7.63. The smallest absolute Gasteiger partial charge is 0.318 e. The molecule has 1 aromatic rings. The zero-order valence-electron chi connectivity index (χ0n) is 13.3. The van der Waals surface area contributed by atoms with E-state index in [1.807, 2.05) is 18.1 Å². The van der Waals surface area contributed by atoms with Gasteiger partial charge in [0.25, 0.3) is 0 Å². The standard InChI is InChI=1S/C15H26N4O2/c1-4-6-15(12-21-3)7-5-8-19(15)14(20)16-9-13-10-17-18(2)11-13/h10-11H,4-9,12H2,1-3H3,(H,16,20). The SMILES string of the molecule is CCCC1(COC)CCCN1C(=O)NCc1cnn(C)c1. The predicted octanol–water partition coefficient (Wildman–Crippen LogP) is 1.91. The molecule has 2 amide bonds. The van der Waals surface area contributed by atoms with Crippen LogP contribution in [-0.4, -0.2) is 46.5 Å². The summed E-state index contributed by atoms with van der Waals surface area (Å²) in [5.41, 5.74) is 0.876. The van der Waals surface area contributed by atoms with Gasteiger partial charge in [-0.2, -0.15) is 5.10 Å². The molecule has 2 heterocycles. The highest BCUT2D eigenvalue weighted by Gasteiger charge is 2.42. The second-order valence-electron chi connectivity index (χ2n) is 5.84. The molecule has 0 radical (unpaired) electrons. The Morgan fingerprint density at radius 3 is 3.00 bits per heavy atom. The monoisotopic (exact) mass is 294 g/mol. The third-order valence-corrected chi connectivity index (χ3v) is 4.17. The van der Waals surface area contributed by atoms with Crippen molar-refractivity contribution in [2.75, 3.05) is 20.3 Å². The van der Waals surface area contributed by atoms with Gasteiger partial charge in [0, 0.05) is 39.0 Å². The topological polar surface area (TPSA) is 59.4 Å². The maximum atomic E-state index is 12.5. The van der Waals surface area contributed by atoms with Crippen molar-refractivity contribution in [2.45, 2.75) is 44.7 Å². The van der Waals surface area contributed by atoms with E-state index in [1.165, 1.54) is 0 Å².